The van der Waals surface area contributed by atoms with Gasteiger partial charge in [-0.15, -0.1) is 11.6 Å². The second kappa shape index (κ2) is 6.27. The molecule has 2 atom stereocenters. The minimum absolute atomic E-state index is 0.0470. The van der Waals surface area contributed by atoms with Crippen LogP contribution in [0.25, 0.3) is 0 Å². The molecule has 1 aromatic rings. The van der Waals surface area contributed by atoms with E-state index >= 15 is 0 Å². The molecule has 94 valence electrons. The highest BCUT2D eigenvalue weighted by Crippen LogP contribution is 2.18. The van der Waals surface area contributed by atoms with Gasteiger partial charge < -0.3 is 5.32 Å². The monoisotopic (exact) mass is 273 g/mol. The van der Waals surface area contributed by atoms with Crippen LogP contribution >= 0.6 is 23.2 Å². The number of nitrogens with one attached hydrogen (secondary N) is 1. The Morgan fingerprint density at radius 3 is 2.65 bits per heavy atom. The van der Waals surface area contributed by atoms with Crippen molar-refractivity contribution in [3.05, 3.63) is 34.3 Å². The van der Waals surface area contributed by atoms with Crippen LogP contribution in [0.2, 0.25) is 5.02 Å². The minimum Gasteiger partial charge on any atom is -0.350 e. The van der Waals surface area contributed by atoms with Gasteiger partial charge in [-0.3, -0.25) is 4.79 Å². The number of benzene rings is 1. The first kappa shape index (κ1) is 14.3. The minimum atomic E-state index is -0.102. The van der Waals surface area contributed by atoms with Gasteiger partial charge in [-0.05, 0) is 44.9 Å². The van der Waals surface area contributed by atoms with Crippen molar-refractivity contribution in [1.82, 2.24) is 5.32 Å². The molecule has 0 aliphatic heterocycles. The Kier molecular flexibility index (Phi) is 5.29. The topological polar surface area (TPSA) is 29.1 Å². The third kappa shape index (κ3) is 4.21. The number of amides is 1. The van der Waals surface area contributed by atoms with Gasteiger partial charge in [0.05, 0.1) is 0 Å². The molecule has 1 rings (SSSR count). The predicted molar refractivity (Wildman–Crippen MR) is 73.0 cm³/mol. The lowest BCUT2D eigenvalue weighted by Crippen LogP contribution is -2.34. The Bertz CT molecular complexity index is 404. The van der Waals surface area contributed by atoms with E-state index in [1.54, 1.807) is 18.2 Å². The first-order valence-electron chi connectivity index (χ1n) is 5.62. The summed E-state index contributed by atoms with van der Waals surface area (Å²) in [5.74, 6) is -0.102. The highest BCUT2D eigenvalue weighted by atomic mass is 35.5. The normalized spacial score (nSPS) is 14.2. The van der Waals surface area contributed by atoms with E-state index < -0.39 is 0 Å². The van der Waals surface area contributed by atoms with Gasteiger partial charge in [0, 0.05) is 22.0 Å². The zero-order chi connectivity index (χ0) is 13.0. The van der Waals surface area contributed by atoms with Gasteiger partial charge in [0.1, 0.15) is 0 Å². The molecule has 0 spiro atoms. The summed E-state index contributed by atoms with van der Waals surface area (Å²) >= 11 is 11.9. The highest BCUT2D eigenvalue weighted by Gasteiger charge is 2.14. The Balaban J connectivity index is 2.73. The maximum absolute atomic E-state index is 12.0. The van der Waals surface area contributed by atoms with E-state index in [0.717, 1.165) is 12.0 Å². The van der Waals surface area contributed by atoms with E-state index in [1.807, 2.05) is 20.8 Å². The molecule has 17 heavy (non-hydrogen) atoms. The van der Waals surface area contributed by atoms with Gasteiger partial charge in [0.15, 0.2) is 0 Å². The van der Waals surface area contributed by atoms with Crippen molar-refractivity contribution in [2.24, 2.45) is 0 Å². The van der Waals surface area contributed by atoms with Gasteiger partial charge in [0.25, 0.3) is 5.91 Å². The quantitative estimate of drug-likeness (QED) is 0.832. The van der Waals surface area contributed by atoms with E-state index in [2.05, 4.69) is 5.32 Å². The van der Waals surface area contributed by atoms with Gasteiger partial charge in [-0.25, -0.2) is 0 Å². The molecule has 2 nitrogen and oxygen atoms in total. The van der Waals surface area contributed by atoms with Crippen molar-refractivity contribution in [3.8, 4) is 0 Å². The van der Waals surface area contributed by atoms with Crippen molar-refractivity contribution in [2.45, 2.75) is 38.6 Å². The van der Waals surface area contributed by atoms with Crippen molar-refractivity contribution in [3.63, 3.8) is 0 Å². The zero-order valence-corrected chi connectivity index (χ0v) is 11.8. The molecule has 1 N–H and O–H groups in total. The van der Waals surface area contributed by atoms with E-state index in [4.69, 9.17) is 23.2 Å². The fourth-order valence-corrected chi connectivity index (χ4v) is 2.14. The van der Waals surface area contributed by atoms with Crippen LogP contribution in [0, 0.1) is 6.92 Å². The average molecular weight is 274 g/mol. The molecule has 0 saturated heterocycles. The van der Waals surface area contributed by atoms with Crippen LogP contribution in [-0.2, 0) is 0 Å². The van der Waals surface area contributed by atoms with Crippen molar-refractivity contribution < 1.29 is 4.79 Å². The van der Waals surface area contributed by atoms with Crippen LogP contribution in [0.15, 0.2) is 18.2 Å². The Hall–Kier alpha value is -0.730. The molecule has 0 aliphatic carbocycles. The molecular formula is C13H17Cl2NO. The van der Waals surface area contributed by atoms with Crippen molar-refractivity contribution in [2.75, 3.05) is 0 Å². The Morgan fingerprint density at radius 2 is 2.06 bits per heavy atom. The molecule has 0 aromatic heterocycles. The van der Waals surface area contributed by atoms with E-state index in [0.29, 0.717) is 10.6 Å². The number of hydrogen-bond donors (Lipinski definition) is 1. The van der Waals surface area contributed by atoms with Crippen LogP contribution in [-0.4, -0.2) is 17.3 Å². The number of hydrogen-bond acceptors (Lipinski definition) is 1. The first-order chi connectivity index (χ1) is 7.91. The van der Waals surface area contributed by atoms with Gasteiger partial charge in [-0.1, -0.05) is 17.7 Å². The maximum atomic E-state index is 12.0. The zero-order valence-electron chi connectivity index (χ0n) is 10.3. The smallest absolute Gasteiger partial charge is 0.251 e. The second-order valence-corrected chi connectivity index (χ2v) is 5.46. The summed E-state index contributed by atoms with van der Waals surface area (Å²) < 4.78 is 0. The van der Waals surface area contributed by atoms with E-state index in [9.17, 15) is 4.79 Å². The highest BCUT2D eigenvalue weighted by molar-refractivity contribution is 6.31. The van der Waals surface area contributed by atoms with Crippen molar-refractivity contribution in [1.29, 1.82) is 0 Å². The predicted octanol–water partition coefficient (Wildman–Crippen LogP) is 3.78. The largest absolute Gasteiger partial charge is 0.350 e. The molecule has 0 radical (unpaired) electrons. The summed E-state index contributed by atoms with van der Waals surface area (Å²) in [6.07, 6.45) is 0.743. The van der Waals surface area contributed by atoms with Gasteiger partial charge >= 0.3 is 0 Å². The molecule has 4 heteroatoms. The molecule has 0 saturated carbocycles. The summed E-state index contributed by atoms with van der Waals surface area (Å²) in [6.45, 7) is 5.69. The summed E-state index contributed by atoms with van der Waals surface area (Å²) in [6, 6.07) is 5.37. The molecule has 0 aliphatic rings. The third-order valence-electron chi connectivity index (χ3n) is 2.57. The molecule has 0 fully saturated rings. The fraction of sp³-hybridized carbons (Fsp3) is 0.462. The van der Waals surface area contributed by atoms with E-state index in [-0.39, 0.29) is 17.3 Å². The van der Waals surface area contributed by atoms with Crippen LogP contribution in [0.4, 0.5) is 0 Å². The number of carbonyl (C=O) groups excluding carboxylic acids is 1. The molecule has 2 unspecified atom stereocenters. The molecular weight excluding hydrogens is 257 g/mol. The lowest BCUT2D eigenvalue weighted by atomic mass is 10.1. The lowest BCUT2D eigenvalue weighted by Gasteiger charge is -2.16. The van der Waals surface area contributed by atoms with Crippen LogP contribution in [0.3, 0.4) is 0 Å². The number of carbonyl (C=O) groups is 1. The molecule has 0 heterocycles. The molecule has 1 aromatic carbocycles. The molecule has 1 amide bonds. The SMILES string of the molecule is Cc1c(Cl)cccc1C(=O)NC(C)CC(C)Cl. The van der Waals surface area contributed by atoms with E-state index in [1.165, 1.54) is 0 Å². The Labute approximate surface area is 112 Å². The summed E-state index contributed by atoms with van der Waals surface area (Å²) in [5, 5.41) is 3.57. The summed E-state index contributed by atoms with van der Waals surface area (Å²) in [7, 11) is 0. The molecule has 0 bridgehead atoms. The fourth-order valence-electron chi connectivity index (χ4n) is 1.70. The lowest BCUT2D eigenvalue weighted by molar-refractivity contribution is 0.0938. The third-order valence-corrected chi connectivity index (χ3v) is 3.16. The second-order valence-electron chi connectivity index (χ2n) is 4.30. The van der Waals surface area contributed by atoms with Gasteiger partial charge in [0.2, 0.25) is 0 Å². The van der Waals surface area contributed by atoms with Gasteiger partial charge in [-0.2, -0.15) is 0 Å². The number of halogens is 2. The number of alkyl halides is 1. The maximum Gasteiger partial charge on any atom is 0.251 e. The number of rotatable bonds is 4. The van der Waals surface area contributed by atoms with Crippen LogP contribution in [0.5, 0.6) is 0 Å². The Morgan fingerprint density at radius 1 is 1.41 bits per heavy atom. The average Bonchev–Trinajstić information content (AvgIpc) is 2.20. The summed E-state index contributed by atoms with van der Waals surface area (Å²) in [4.78, 5) is 12.0. The summed E-state index contributed by atoms with van der Waals surface area (Å²) in [5.41, 5.74) is 1.42. The van der Waals surface area contributed by atoms with Crippen LogP contribution < -0.4 is 5.32 Å². The standard InChI is InChI=1S/C13H17Cl2NO/c1-8(14)7-9(2)16-13(17)11-5-4-6-12(15)10(11)3/h4-6,8-9H,7H2,1-3H3,(H,16,17). The first-order valence-corrected chi connectivity index (χ1v) is 6.43. The van der Waals surface area contributed by atoms with Crippen LogP contribution in [0.1, 0.15) is 36.2 Å². The van der Waals surface area contributed by atoms with Crippen molar-refractivity contribution >= 4 is 29.1 Å².